The van der Waals surface area contributed by atoms with Crippen LogP contribution in [0, 0.1) is 11.3 Å². The molecule has 0 bridgehead atoms. The first kappa shape index (κ1) is 9.90. The Labute approximate surface area is 81.2 Å². The lowest BCUT2D eigenvalue weighted by Gasteiger charge is -2.05. The molecule has 0 fully saturated rings. The van der Waals surface area contributed by atoms with Crippen molar-refractivity contribution in [3.63, 3.8) is 0 Å². The van der Waals surface area contributed by atoms with E-state index in [4.69, 9.17) is 5.26 Å². The molecule has 0 amide bonds. The molecular formula is C9H10N2OS. The molecule has 0 radical (unpaired) electrons. The number of hydrogen-bond donors (Lipinski definition) is 0. The molecule has 13 heavy (non-hydrogen) atoms. The van der Waals surface area contributed by atoms with Crippen LogP contribution in [-0.2, 0) is 0 Å². The molecule has 0 aliphatic rings. The molecule has 1 aromatic heterocycles. The minimum Gasteiger partial charge on any atom is -0.302 e. The third-order valence-corrected chi connectivity index (χ3v) is 2.48. The molecule has 0 saturated heterocycles. The Balaban J connectivity index is 2.73. The maximum absolute atomic E-state index is 11.4. The summed E-state index contributed by atoms with van der Waals surface area (Å²) < 4.78 is 0. The van der Waals surface area contributed by atoms with Gasteiger partial charge in [-0.25, -0.2) is 0 Å². The van der Waals surface area contributed by atoms with Crippen LogP contribution >= 0.6 is 11.3 Å². The molecule has 0 N–H and O–H groups in total. The lowest BCUT2D eigenvalue weighted by Crippen LogP contribution is -2.20. The van der Waals surface area contributed by atoms with Crippen LogP contribution in [-0.4, -0.2) is 31.3 Å². The maximum atomic E-state index is 11.4. The van der Waals surface area contributed by atoms with Crippen LogP contribution < -0.4 is 0 Å². The molecule has 0 unspecified atom stereocenters. The zero-order valence-electron chi connectivity index (χ0n) is 7.57. The number of nitriles is 1. The normalized spacial score (nSPS) is 10.0. The minimum absolute atomic E-state index is 0.0662. The van der Waals surface area contributed by atoms with E-state index >= 15 is 0 Å². The van der Waals surface area contributed by atoms with Crippen molar-refractivity contribution in [2.75, 3.05) is 20.6 Å². The standard InChI is InChI=1S/C9H10N2OS/c1-11(2)6-8(12)9-4-3-7(5-10)13-9/h3-4H,6H2,1-2H3. The number of ketones is 1. The highest BCUT2D eigenvalue weighted by molar-refractivity contribution is 7.14. The number of Topliss-reactive ketones (excluding diaryl/α,β-unsaturated/α-hetero) is 1. The zero-order valence-corrected chi connectivity index (χ0v) is 8.39. The summed E-state index contributed by atoms with van der Waals surface area (Å²) in [5.74, 6) is 0.0662. The topological polar surface area (TPSA) is 44.1 Å². The second-order valence-corrected chi connectivity index (χ2v) is 4.02. The van der Waals surface area contributed by atoms with E-state index in [1.54, 1.807) is 12.1 Å². The highest BCUT2D eigenvalue weighted by atomic mass is 32.1. The first-order valence-electron chi connectivity index (χ1n) is 3.81. The van der Waals surface area contributed by atoms with Crippen LogP contribution in [0.5, 0.6) is 0 Å². The van der Waals surface area contributed by atoms with E-state index in [1.165, 1.54) is 11.3 Å². The van der Waals surface area contributed by atoms with Gasteiger partial charge in [0.15, 0.2) is 5.78 Å². The van der Waals surface area contributed by atoms with Crippen molar-refractivity contribution in [1.29, 1.82) is 5.26 Å². The predicted octanol–water partition coefficient (Wildman–Crippen LogP) is 1.36. The third kappa shape index (κ3) is 2.65. The minimum atomic E-state index is 0.0662. The zero-order chi connectivity index (χ0) is 9.84. The van der Waals surface area contributed by atoms with Gasteiger partial charge in [-0.15, -0.1) is 11.3 Å². The number of likely N-dealkylation sites (N-methyl/N-ethyl adjacent to an activating group) is 1. The monoisotopic (exact) mass is 194 g/mol. The average molecular weight is 194 g/mol. The molecule has 1 aromatic rings. The maximum Gasteiger partial charge on any atom is 0.186 e. The summed E-state index contributed by atoms with van der Waals surface area (Å²) in [5, 5.41) is 8.55. The van der Waals surface area contributed by atoms with Crippen LogP contribution in [0.4, 0.5) is 0 Å². The number of hydrogen-bond acceptors (Lipinski definition) is 4. The Morgan fingerprint density at radius 1 is 1.62 bits per heavy atom. The van der Waals surface area contributed by atoms with Crippen molar-refractivity contribution in [2.24, 2.45) is 0 Å². The average Bonchev–Trinajstić information content (AvgIpc) is 2.50. The Morgan fingerprint density at radius 2 is 2.31 bits per heavy atom. The van der Waals surface area contributed by atoms with Crippen molar-refractivity contribution in [2.45, 2.75) is 0 Å². The second-order valence-electron chi connectivity index (χ2n) is 2.94. The molecule has 1 rings (SSSR count). The summed E-state index contributed by atoms with van der Waals surface area (Å²) in [7, 11) is 3.69. The number of rotatable bonds is 3. The summed E-state index contributed by atoms with van der Waals surface area (Å²) in [6, 6.07) is 5.39. The smallest absolute Gasteiger partial charge is 0.186 e. The van der Waals surface area contributed by atoms with Gasteiger partial charge in [-0.1, -0.05) is 0 Å². The van der Waals surface area contributed by atoms with Gasteiger partial charge < -0.3 is 4.90 Å². The first-order valence-corrected chi connectivity index (χ1v) is 4.63. The summed E-state index contributed by atoms with van der Waals surface area (Å²) in [5.41, 5.74) is 0. The van der Waals surface area contributed by atoms with Crippen LogP contribution in [0.15, 0.2) is 12.1 Å². The Morgan fingerprint density at radius 3 is 2.77 bits per heavy atom. The van der Waals surface area contributed by atoms with Crippen molar-refractivity contribution >= 4 is 17.1 Å². The van der Waals surface area contributed by atoms with Gasteiger partial charge in [0.05, 0.1) is 11.4 Å². The number of nitrogens with zero attached hydrogens (tertiary/aromatic N) is 2. The quantitative estimate of drug-likeness (QED) is 0.682. The fraction of sp³-hybridized carbons (Fsp3) is 0.333. The summed E-state index contributed by atoms with van der Waals surface area (Å²) in [6.07, 6.45) is 0. The Hall–Kier alpha value is -1.18. The third-order valence-electron chi connectivity index (χ3n) is 1.45. The van der Waals surface area contributed by atoms with E-state index in [0.717, 1.165) is 0 Å². The first-order chi connectivity index (χ1) is 6.13. The lowest BCUT2D eigenvalue weighted by atomic mass is 10.3. The van der Waals surface area contributed by atoms with Crippen LogP contribution in [0.3, 0.4) is 0 Å². The van der Waals surface area contributed by atoms with Crippen molar-refractivity contribution in [3.05, 3.63) is 21.9 Å². The summed E-state index contributed by atoms with van der Waals surface area (Å²) in [6.45, 7) is 0.394. The largest absolute Gasteiger partial charge is 0.302 e. The van der Waals surface area contributed by atoms with Gasteiger partial charge in [0.1, 0.15) is 10.9 Å². The van der Waals surface area contributed by atoms with E-state index < -0.39 is 0 Å². The number of carbonyl (C=O) groups is 1. The second kappa shape index (κ2) is 4.17. The summed E-state index contributed by atoms with van der Waals surface area (Å²) in [4.78, 5) is 14.5. The van der Waals surface area contributed by atoms with E-state index in [2.05, 4.69) is 0 Å². The van der Waals surface area contributed by atoms with Crippen molar-refractivity contribution in [1.82, 2.24) is 4.90 Å². The van der Waals surface area contributed by atoms with Gasteiger partial charge in [-0.2, -0.15) is 5.26 Å². The molecule has 1 heterocycles. The van der Waals surface area contributed by atoms with E-state index in [1.807, 2.05) is 25.1 Å². The van der Waals surface area contributed by atoms with E-state index in [9.17, 15) is 4.79 Å². The fourth-order valence-electron chi connectivity index (χ4n) is 0.913. The molecule has 0 atom stereocenters. The molecule has 4 heteroatoms. The highest BCUT2D eigenvalue weighted by Crippen LogP contribution is 2.15. The molecule has 3 nitrogen and oxygen atoms in total. The van der Waals surface area contributed by atoms with Gasteiger partial charge in [-0.05, 0) is 26.2 Å². The summed E-state index contributed by atoms with van der Waals surface area (Å²) >= 11 is 1.25. The molecule has 68 valence electrons. The molecule has 0 saturated carbocycles. The molecule has 0 aliphatic carbocycles. The van der Waals surface area contributed by atoms with Gasteiger partial charge >= 0.3 is 0 Å². The predicted molar refractivity (Wildman–Crippen MR) is 51.9 cm³/mol. The Bertz CT molecular complexity index is 349. The number of thiophene rings is 1. The van der Waals surface area contributed by atoms with Crippen molar-refractivity contribution in [3.8, 4) is 6.07 Å². The SMILES string of the molecule is CN(C)CC(=O)c1ccc(C#N)s1. The molecule has 0 spiro atoms. The highest BCUT2D eigenvalue weighted by Gasteiger charge is 2.09. The van der Waals surface area contributed by atoms with Crippen LogP contribution in [0.2, 0.25) is 0 Å². The van der Waals surface area contributed by atoms with Gasteiger partial charge in [-0.3, -0.25) is 4.79 Å². The molecular weight excluding hydrogens is 184 g/mol. The van der Waals surface area contributed by atoms with E-state index in [0.29, 0.717) is 16.3 Å². The molecule has 0 aliphatic heterocycles. The molecule has 0 aromatic carbocycles. The lowest BCUT2D eigenvalue weighted by molar-refractivity contribution is 0.0962. The van der Waals surface area contributed by atoms with Gasteiger partial charge in [0, 0.05) is 0 Å². The van der Waals surface area contributed by atoms with Crippen LogP contribution in [0.1, 0.15) is 14.5 Å². The van der Waals surface area contributed by atoms with Gasteiger partial charge in [0.25, 0.3) is 0 Å². The Kier molecular flexibility index (Phi) is 3.18. The van der Waals surface area contributed by atoms with Gasteiger partial charge in [0.2, 0.25) is 0 Å². The number of carbonyl (C=O) groups excluding carboxylic acids is 1. The van der Waals surface area contributed by atoms with Crippen LogP contribution in [0.25, 0.3) is 0 Å². The van der Waals surface area contributed by atoms with Crippen molar-refractivity contribution < 1.29 is 4.79 Å². The fourth-order valence-corrected chi connectivity index (χ4v) is 1.65. The van der Waals surface area contributed by atoms with E-state index in [-0.39, 0.29) is 5.78 Å².